The standard InChI is InChI=1S/C21H19N5O4S4/c27-16(23-12-5-7-13(8-6-12)34(29,30)26-20-22-9-10-31-20)11-32-21-24-18(28)17-14-3-1-2-4-15(14)33-19(17)25-21/h5-10H,1-4,11H2,(H,22,26)(H,23,27)(H,24,25,28). The van der Waals surface area contributed by atoms with Crippen LogP contribution in [0, 0.1) is 0 Å². The molecule has 3 heterocycles. The van der Waals surface area contributed by atoms with Crippen molar-refractivity contribution in [1.29, 1.82) is 0 Å². The van der Waals surface area contributed by atoms with Gasteiger partial charge in [0, 0.05) is 22.1 Å². The van der Waals surface area contributed by atoms with Crippen LogP contribution in [0.25, 0.3) is 10.2 Å². The molecule has 5 rings (SSSR count). The Morgan fingerprint density at radius 2 is 1.97 bits per heavy atom. The molecule has 0 fully saturated rings. The topological polar surface area (TPSA) is 134 Å². The minimum absolute atomic E-state index is 0.0468. The van der Waals surface area contributed by atoms with Gasteiger partial charge in [0.2, 0.25) is 5.91 Å². The first-order valence-corrected chi connectivity index (χ1v) is 14.5. The summed E-state index contributed by atoms with van der Waals surface area (Å²) in [5.41, 5.74) is 1.43. The molecule has 1 amide bonds. The molecule has 0 saturated carbocycles. The maximum absolute atomic E-state index is 12.6. The molecule has 13 heteroatoms. The fraction of sp³-hybridized carbons (Fsp3) is 0.238. The van der Waals surface area contributed by atoms with Crippen molar-refractivity contribution < 1.29 is 13.2 Å². The number of hydrogen-bond donors (Lipinski definition) is 3. The number of carbonyl (C=O) groups is 1. The normalized spacial score (nSPS) is 13.5. The van der Waals surface area contributed by atoms with Gasteiger partial charge in [0.25, 0.3) is 15.6 Å². The Morgan fingerprint density at radius 3 is 2.74 bits per heavy atom. The zero-order valence-electron chi connectivity index (χ0n) is 17.7. The number of nitrogens with zero attached hydrogens (tertiary/aromatic N) is 2. The molecular formula is C21H19N5O4S4. The second-order valence-electron chi connectivity index (χ2n) is 7.57. The van der Waals surface area contributed by atoms with E-state index in [0.717, 1.165) is 47.8 Å². The lowest BCUT2D eigenvalue weighted by Gasteiger charge is -2.09. The van der Waals surface area contributed by atoms with E-state index in [4.69, 9.17) is 0 Å². The number of benzene rings is 1. The molecular weight excluding hydrogens is 515 g/mol. The number of nitrogens with one attached hydrogen (secondary N) is 3. The molecule has 0 radical (unpaired) electrons. The molecule has 0 aliphatic heterocycles. The smallest absolute Gasteiger partial charge is 0.263 e. The van der Waals surface area contributed by atoms with Crippen molar-refractivity contribution in [3.63, 3.8) is 0 Å². The Labute approximate surface area is 207 Å². The molecule has 3 aromatic heterocycles. The van der Waals surface area contributed by atoms with E-state index in [-0.39, 0.29) is 27.2 Å². The maximum atomic E-state index is 12.6. The molecule has 1 aliphatic carbocycles. The minimum atomic E-state index is -3.76. The predicted octanol–water partition coefficient (Wildman–Crippen LogP) is 3.85. The van der Waals surface area contributed by atoms with E-state index in [1.54, 1.807) is 16.7 Å². The quantitative estimate of drug-likeness (QED) is 0.243. The van der Waals surface area contributed by atoms with E-state index in [2.05, 4.69) is 25.0 Å². The van der Waals surface area contributed by atoms with Gasteiger partial charge in [0.1, 0.15) is 4.83 Å². The SMILES string of the molecule is O=C(CSc1nc2sc3c(c2c(=O)[nH]1)CCCC3)Nc1ccc(S(=O)(=O)Nc2nccs2)cc1. The lowest BCUT2D eigenvalue weighted by atomic mass is 9.97. The number of rotatable bonds is 7. The van der Waals surface area contributed by atoms with Gasteiger partial charge in [-0.15, -0.1) is 22.7 Å². The van der Waals surface area contributed by atoms with Crippen molar-refractivity contribution in [2.75, 3.05) is 15.8 Å². The van der Waals surface area contributed by atoms with E-state index < -0.39 is 10.0 Å². The van der Waals surface area contributed by atoms with E-state index in [1.165, 1.54) is 46.7 Å². The van der Waals surface area contributed by atoms with E-state index in [0.29, 0.717) is 16.2 Å². The second kappa shape index (κ2) is 9.49. The molecule has 0 bridgehead atoms. The van der Waals surface area contributed by atoms with Crippen LogP contribution in [0.1, 0.15) is 23.3 Å². The number of aromatic amines is 1. The first kappa shape index (κ1) is 23.0. The van der Waals surface area contributed by atoms with E-state index in [9.17, 15) is 18.0 Å². The van der Waals surface area contributed by atoms with Crippen molar-refractivity contribution in [2.24, 2.45) is 0 Å². The van der Waals surface area contributed by atoms with Gasteiger partial charge in [-0.3, -0.25) is 14.3 Å². The number of aromatic nitrogens is 3. The number of aryl methyl sites for hydroxylation is 2. The van der Waals surface area contributed by atoms with Crippen LogP contribution in [-0.2, 0) is 27.7 Å². The Balaban J connectivity index is 1.22. The van der Waals surface area contributed by atoms with Gasteiger partial charge < -0.3 is 10.3 Å². The summed E-state index contributed by atoms with van der Waals surface area (Å²) < 4.78 is 27.2. The summed E-state index contributed by atoms with van der Waals surface area (Å²) in [5.74, 6) is -0.250. The molecule has 0 unspecified atom stereocenters. The molecule has 0 spiro atoms. The number of amides is 1. The van der Waals surface area contributed by atoms with Gasteiger partial charge in [-0.1, -0.05) is 11.8 Å². The third kappa shape index (κ3) is 4.87. The summed E-state index contributed by atoms with van der Waals surface area (Å²) in [6.07, 6.45) is 5.63. The number of H-pyrrole nitrogens is 1. The van der Waals surface area contributed by atoms with Gasteiger partial charge in [-0.05, 0) is 55.5 Å². The fourth-order valence-corrected chi connectivity index (χ4v) is 7.48. The van der Waals surface area contributed by atoms with Gasteiger partial charge in [-0.25, -0.2) is 18.4 Å². The first-order valence-electron chi connectivity index (χ1n) is 10.4. The molecule has 0 atom stereocenters. The lowest BCUT2D eigenvalue weighted by Crippen LogP contribution is -2.16. The fourth-order valence-electron chi connectivity index (χ4n) is 3.71. The molecule has 1 aliphatic rings. The Bertz CT molecular complexity index is 1510. The third-order valence-electron chi connectivity index (χ3n) is 5.25. The molecule has 1 aromatic carbocycles. The number of carbonyl (C=O) groups excluding carboxylic acids is 1. The summed E-state index contributed by atoms with van der Waals surface area (Å²) in [4.78, 5) is 38.3. The second-order valence-corrected chi connectivity index (χ2v) is 12.2. The van der Waals surface area contributed by atoms with Gasteiger partial charge in [0.15, 0.2) is 10.3 Å². The van der Waals surface area contributed by atoms with Crippen LogP contribution < -0.4 is 15.6 Å². The zero-order chi connectivity index (χ0) is 23.7. The van der Waals surface area contributed by atoms with Gasteiger partial charge in [-0.2, -0.15) is 0 Å². The average Bonchev–Trinajstić information content (AvgIpc) is 3.45. The number of thiazole rings is 1. The lowest BCUT2D eigenvalue weighted by molar-refractivity contribution is -0.113. The van der Waals surface area contributed by atoms with Crippen molar-refractivity contribution in [1.82, 2.24) is 15.0 Å². The van der Waals surface area contributed by atoms with Crippen LogP contribution in [0.3, 0.4) is 0 Å². The highest BCUT2D eigenvalue weighted by molar-refractivity contribution is 7.99. The number of hydrogen-bond acceptors (Lipinski definition) is 9. The molecule has 9 nitrogen and oxygen atoms in total. The average molecular weight is 534 g/mol. The van der Waals surface area contributed by atoms with Crippen LogP contribution in [0.2, 0.25) is 0 Å². The third-order valence-corrected chi connectivity index (χ3v) is 9.48. The Morgan fingerprint density at radius 1 is 1.18 bits per heavy atom. The summed E-state index contributed by atoms with van der Waals surface area (Å²) in [6, 6.07) is 5.84. The van der Waals surface area contributed by atoms with Gasteiger partial charge in [0.05, 0.1) is 16.0 Å². The summed E-state index contributed by atoms with van der Waals surface area (Å²) >= 11 is 3.90. The van der Waals surface area contributed by atoms with Crippen LogP contribution >= 0.6 is 34.4 Å². The van der Waals surface area contributed by atoms with Crippen LogP contribution in [0.4, 0.5) is 10.8 Å². The highest BCUT2D eigenvalue weighted by Crippen LogP contribution is 2.34. The van der Waals surface area contributed by atoms with Gasteiger partial charge >= 0.3 is 0 Å². The monoisotopic (exact) mass is 533 g/mol. The number of sulfonamides is 1. The number of fused-ring (bicyclic) bond motifs is 3. The number of thioether (sulfide) groups is 1. The maximum Gasteiger partial charge on any atom is 0.263 e. The summed E-state index contributed by atoms with van der Waals surface area (Å²) in [6.45, 7) is 0. The highest BCUT2D eigenvalue weighted by Gasteiger charge is 2.20. The molecule has 0 saturated heterocycles. The minimum Gasteiger partial charge on any atom is -0.325 e. The highest BCUT2D eigenvalue weighted by atomic mass is 32.2. The predicted molar refractivity (Wildman–Crippen MR) is 136 cm³/mol. The molecule has 176 valence electrons. The largest absolute Gasteiger partial charge is 0.325 e. The summed E-state index contributed by atoms with van der Waals surface area (Å²) in [5, 5.41) is 5.77. The Hall–Kier alpha value is -2.74. The number of thiophene rings is 1. The zero-order valence-corrected chi connectivity index (χ0v) is 20.9. The van der Waals surface area contributed by atoms with Crippen molar-refractivity contribution >= 4 is 71.4 Å². The van der Waals surface area contributed by atoms with Crippen LogP contribution in [0.15, 0.2) is 50.7 Å². The Kier molecular flexibility index (Phi) is 6.42. The molecule has 4 aromatic rings. The van der Waals surface area contributed by atoms with Crippen molar-refractivity contribution in [3.8, 4) is 0 Å². The van der Waals surface area contributed by atoms with Crippen LogP contribution in [0.5, 0.6) is 0 Å². The summed E-state index contributed by atoms with van der Waals surface area (Å²) in [7, 11) is -3.76. The molecule has 3 N–H and O–H groups in total. The van der Waals surface area contributed by atoms with Crippen LogP contribution in [-0.4, -0.2) is 35.0 Å². The number of anilines is 2. The van der Waals surface area contributed by atoms with Crippen molar-refractivity contribution in [2.45, 2.75) is 35.7 Å². The first-order chi connectivity index (χ1) is 16.4. The van der Waals surface area contributed by atoms with E-state index in [1.807, 2.05) is 0 Å². The van der Waals surface area contributed by atoms with E-state index >= 15 is 0 Å². The van der Waals surface area contributed by atoms with Crippen molar-refractivity contribution in [3.05, 3.63) is 56.6 Å². The molecule has 34 heavy (non-hydrogen) atoms.